The van der Waals surface area contributed by atoms with Crippen LogP contribution in [0.15, 0.2) is 18.2 Å². The second kappa shape index (κ2) is 5.33. The number of nitrogens with one attached hydrogen (secondary N) is 2. The molecule has 0 spiro atoms. The number of hydrogen-bond acceptors (Lipinski definition) is 5. The van der Waals surface area contributed by atoms with Crippen molar-refractivity contribution in [2.24, 2.45) is 0 Å². The summed E-state index contributed by atoms with van der Waals surface area (Å²) in [6.07, 6.45) is 0. The van der Waals surface area contributed by atoms with Crippen LogP contribution in [0.2, 0.25) is 0 Å². The normalized spacial score (nSPS) is 16.1. The lowest BCUT2D eigenvalue weighted by atomic mass is 10.2. The van der Waals surface area contributed by atoms with E-state index in [1.165, 1.54) is 4.90 Å². The minimum Gasteiger partial charge on any atom is -0.374 e. The molecule has 110 valence electrons. The average molecular weight is 304 g/mol. The summed E-state index contributed by atoms with van der Waals surface area (Å²) in [5.41, 5.74) is 1.81. The zero-order valence-corrected chi connectivity index (χ0v) is 12.7. The van der Waals surface area contributed by atoms with Crippen molar-refractivity contribution >= 4 is 39.2 Å². The lowest BCUT2D eigenvalue weighted by Crippen LogP contribution is -2.43. The number of anilines is 1. The van der Waals surface area contributed by atoms with Crippen molar-refractivity contribution in [3.63, 3.8) is 0 Å². The fraction of sp³-hybridized carbons (Fsp3) is 0.357. The van der Waals surface area contributed by atoms with E-state index < -0.39 is 6.04 Å². The Morgan fingerprint density at radius 1 is 1.52 bits per heavy atom. The van der Waals surface area contributed by atoms with Gasteiger partial charge in [0.2, 0.25) is 0 Å². The van der Waals surface area contributed by atoms with E-state index >= 15 is 0 Å². The van der Waals surface area contributed by atoms with Crippen LogP contribution in [-0.2, 0) is 4.79 Å². The van der Waals surface area contributed by atoms with Gasteiger partial charge in [0.15, 0.2) is 0 Å². The predicted molar refractivity (Wildman–Crippen MR) is 82.6 cm³/mol. The van der Waals surface area contributed by atoms with E-state index in [1.54, 1.807) is 18.3 Å². The molecule has 0 radical (unpaired) electrons. The minimum atomic E-state index is -0.458. The summed E-state index contributed by atoms with van der Waals surface area (Å²) < 4.78 is 1.08. The molecule has 21 heavy (non-hydrogen) atoms. The minimum absolute atomic E-state index is 0.217. The number of aromatic nitrogens is 1. The maximum atomic E-state index is 12.2. The summed E-state index contributed by atoms with van der Waals surface area (Å²) in [6, 6.07) is 5.03. The average Bonchev–Trinajstić information content (AvgIpc) is 3.02. The number of amides is 3. The van der Waals surface area contributed by atoms with Crippen molar-refractivity contribution in [2.45, 2.75) is 19.9 Å². The lowest BCUT2D eigenvalue weighted by Gasteiger charge is -2.19. The molecule has 1 aliphatic heterocycles. The van der Waals surface area contributed by atoms with Crippen LogP contribution < -0.4 is 10.6 Å². The second-order valence-electron chi connectivity index (χ2n) is 5.00. The Morgan fingerprint density at radius 3 is 3.05 bits per heavy atom. The highest BCUT2D eigenvalue weighted by molar-refractivity contribution is 7.18. The van der Waals surface area contributed by atoms with E-state index in [0.717, 1.165) is 20.9 Å². The standard InChI is InChI=1S/C14H16N4O2S/c1-8(13(19)18-6-5-15-14(18)20)16-10-3-4-11-12(7-10)21-9(2)17-11/h3-4,7-8,16H,5-6H2,1-2H3,(H,15,20). The third kappa shape index (κ3) is 2.69. The third-order valence-electron chi connectivity index (χ3n) is 3.37. The van der Waals surface area contributed by atoms with Gasteiger partial charge in [-0.05, 0) is 32.0 Å². The van der Waals surface area contributed by atoms with Gasteiger partial charge in [0.1, 0.15) is 6.04 Å². The molecule has 3 rings (SSSR count). The van der Waals surface area contributed by atoms with Crippen LogP contribution in [0.4, 0.5) is 10.5 Å². The van der Waals surface area contributed by atoms with Crippen molar-refractivity contribution in [1.82, 2.24) is 15.2 Å². The van der Waals surface area contributed by atoms with Crippen molar-refractivity contribution in [3.8, 4) is 0 Å². The zero-order valence-electron chi connectivity index (χ0n) is 11.8. The fourth-order valence-corrected chi connectivity index (χ4v) is 3.22. The summed E-state index contributed by atoms with van der Waals surface area (Å²) in [7, 11) is 0. The van der Waals surface area contributed by atoms with E-state index in [9.17, 15) is 9.59 Å². The number of nitrogens with zero attached hydrogens (tertiary/aromatic N) is 2. The number of benzene rings is 1. The van der Waals surface area contributed by atoms with E-state index in [2.05, 4.69) is 15.6 Å². The summed E-state index contributed by atoms with van der Waals surface area (Å²) in [4.78, 5) is 29.4. The molecule has 2 aromatic rings. The molecule has 1 aromatic heterocycles. The first-order chi connectivity index (χ1) is 10.0. The summed E-state index contributed by atoms with van der Waals surface area (Å²) in [5.74, 6) is -0.217. The zero-order chi connectivity index (χ0) is 15.0. The molecular formula is C14H16N4O2S. The smallest absolute Gasteiger partial charge is 0.324 e. The van der Waals surface area contributed by atoms with E-state index in [-0.39, 0.29) is 11.9 Å². The molecule has 2 N–H and O–H groups in total. The number of urea groups is 1. The van der Waals surface area contributed by atoms with Crippen molar-refractivity contribution in [3.05, 3.63) is 23.2 Å². The van der Waals surface area contributed by atoms with Gasteiger partial charge >= 0.3 is 6.03 Å². The number of imide groups is 1. The molecule has 1 aliphatic rings. The molecule has 1 unspecified atom stereocenters. The van der Waals surface area contributed by atoms with Crippen LogP contribution in [0, 0.1) is 6.92 Å². The largest absolute Gasteiger partial charge is 0.374 e. The van der Waals surface area contributed by atoms with Gasteiger partial charge in [0.05, 0.1) is 15.2 Å². The Balaban J connectivity index is 1.74. The molecule has 1 saturated heterocycles. The Kier molecular flexibility index (Phi) is 3.50. The lowest BCUT2D eigenvalue weighted by molar-refractivity contribution is -0.128. The van der Waals surface area contributed by atoms with Crippen LogP contribution in [-0.4, -0.2) is 41.0 Å². The number of hydrogen-bond donors (Lipinski definition) is 2. The molecule has 3 amide bonds. The number of thiazole rings is 1. The molecule has 0 aliphatic carbocycles. The molecular weight excluding hydrogens is 288 g/mol. The van der Waals surface area contributed by atoms with Crippen molar-refractivity contribution in [2.75, 3.05) is 18.4 Å². The quantitative estimate of drug-likeness (QED) is 0.909. The molecule has 6 nitrogen and oxygen atoms in total. The number of carbonyl (C=O) groups excluding carboxylic acids is 2. The fourth-order valence-electron chi connectivity index (χ4n) is 2.36. The van der Waals surface area contributed by atoms with Crippen LogP contribution in [0.5, 0.6) is 0 Å². The third-order valence-corrected chi connectivity index (χ3v) is 4.31. The van der Waals surface area contributed by atoms with Gasteiger partial charge in [-0.2, -0.15) is 0 Å². The van der Waals surface area contributed by atoms with Gasteiger partial charge in [-0.1, -0.05) is 0 Å². The van der Waals surface area contributed by atoms with Crippen LogP contribution in [0.3, 0.4) is 0 Å². The molecule has 0 saturated carbocycles. The van der Waals surface area contributed by atoms with Crippen LogP contribution in [0.25, 0.3) is 10.2 Å². The first-order valence-electron chi connectivity index (χ1n) is 6.77. The van der Waals surface area contributed by atoms with Gasteiger partial charge in [0, 0.05) is 18.8 Å². The topological polar surface area (TPSA) is 74.3 Å². The van der Waals surface area contributed by atoms with Gasteiger partial charge < -0.3 is 10.6 Å². The highest BCUT2D eigenvalue weighted by Gasteiger charge is 2.29. The molecule has 7 heteroatoms. The van der Waals surface area contributed by atoms with E-state index in [1.807, 2.05) is 25.1 Å². The van der Waals surface area contributed by atoms with Crippen molar-refractivity contribution < 1.29 is 9.59 Å². The Morgan fingerprint density at radius 2 is 2.33 bits per heavy atom. The molecule has 2 heterocycles. The summed E-state index contributed by atoms with van der Waals surface area (Å²) in [6.45, 7) is 4.67. The predicted octanol–water partition coefficient (Wildman–Crippen LogP) is 1.96. The van der Waals surface area contributed by atoms with E-state index in [4.69, 9.17) is 0 Å². The van der Waals surface area contributed by atoms with Crippen LogP contribution in [0.1, 0.15) is 11.9 Å². The SMILES string of the molecule is Cc1nc2ccc(NC(C)C(=O)N3CCNC3=O)cc2s1. The van der Waals surface area contributed by atoms with Gasteiger partial charge in [-0.15, -0.1) is 11.3 Å². The Labute approximate surface area is 126 Å². The maximum Gasteiger partial charge on any atom is 0.324 e. The van der Waals surface area contributed by atoms with Crippen LogP contribution >= 0.6 is 11.3 Å². The highest BCUT2D eigenvalue weighted by Crippen LogP contribution is 2.25. The molecule has 1 atom stereocenters. The Bertz CT molecular complexity index is 712. The molecule has 0 bridgehead atoms. The van der Waals surface area contributed by atoms with Gasteiger partial charge in [-0.3, -0.25) is 9.69 Å². The first-order valence-corrected chi connectivity index (χ1v) is 7.59. The first kappa shape index (κ1) is 13.8. The van der Waals surface area contributed by atoms with Crippen molar-refractivity contribution in [1.29, 1.82) is 0 Å². The Hall–Kier alpha value is -2.15. The summed E-state index contributed by atoms with van der Waals surface area (Å²) in [5, 5.41) is 6.79. The molecule has 1 fully saturated rings. The number of fused-ring (bicyclic) bond motifs is 1. The number of carbonyl (C=O) groups is 2. The van der Waals surface area contributed by atoms with Gasteiger partial charge in [0.25, 0.3) is 5.91 Å². The highest BCUT2D eigenvalue weighted by atomic mass is 32.1. The summed E-state index contributed by atoms with van der Waals surface area (Å²) >= 11 is 1.62. The number of aryl methyl sites for hydroxylation is 1. The van der Waals surface area contributed by atoms with Gasteiger partial charge in [-0.25, -0.2) is 9.78 Å². The van der Waals surface area contributed by atoms with E-state index in [0.29, 0.717) is 13.1 Å². The maximum absolute atomic E-state index is 12.2. The monoisotopic (exact) mass is 304 g/mol. The second-order valence-corrected chi connectivity index (χ2v) is 6.24. The number of rotatable bonds is 3. The molecule has 1 aromatic carbocycles.